The summed E-state index contributed by atoms with van der Waals surface area (Å²) in [6.45, 7) is -0.557. The largest absolute Gasteiger partial charge is 0.468 e. The topological polar surface area (TPSA) is 61.2 Å². The maximum Gasteiger partial charge on any atom is 0.327 e. The SMILES string of the molecule is COC(=O)Cn1nc(C2CC2(F)F)c(-c2cc(F)cc(F)c2)cc1=O. The van der Waals surface area contributed by atoms with Crippen LogP contribution < -0.4 is 5.56 Å². The van der Waals surface area contributed by atoms with Crippen molar-refractivity contribution in [1.29, 1.82) is 0 Å². The first kappa shape index (κ1) is 17.1. The summed E-state index contributed by atoms with van der Waals surface area (Å²) in [4.78, 5) is 23.4. The Morgan fingerprint density at radius 1 is 1.28 bits per heavy atom. The molecule has 25 heavy (non-hydrogen) atoms. The van der Waals surface area contributed by atoms with Crippen LogP contribution in [0.15, 0.2) is 29.1 Å². The molecule has 1 unspecified atom stereocenters. The zero-order chi connectivity index (χ0) is 18.4. The van der Waals surface area contributed by atoms with E-state index in [0.717, 1.165) is 25.3 Å². The van der Waals surface area contributed by atoms with Crippen LogP contribution in [0.1, 0.15) is 18.0 Å². The third kappa shape index (κ3) is 3.40. The lowest BCUT2D eigenvalue weighted by Gasteiger charge is -2.12. The van der Waals surface area contributed by atoms with Gasteiger partial charge < -0.3 is 4.74 Å². The van der Waals surface area contributed by atoms with Gasteiger partial charge in [-0.25, -0.2) is 22.2 Å². The molecular weight excluding hydrogens is 344 g/mol. The number of benzene rings is 1. The molecule has 0 spiro atoms. The predicted octanol–water partition coefficient (Wildman–Crippen LogP) is 2.48. The Hall–Kier alpha value is -2.71. The molecule has 132 valence electrons. The fourth-order valence-corrected chi connectivity index (χ4v) is 2.51. The second-order valence-corrected chi connectivity index (χ2v) is 5.69. The van der Waals surface area contributed by atoms with Gasteiger partial charge in [-0.15, -0.1) is 0 Å². The zero-order valence-electron chi connectivity index (χ0n) is 12.9. The van der Waals surface area contributed by atoms with E-state index in [1.807, 2.05) is 0 Å². The van der Waals surface area contributed by atoms with Gasteiger partial charge >= 0.3 is 5.97 Å². The van der Waals surface area contributed by atoms with Crippen molar-refractivity contribution in [1.82, 2.24) is 9.78 Å². The standard InChI is InChI=1S/C16H12F4N2O3/c1-25-14(24)7-22-13(23)5-11(8-2-9(17)4-10(18)3-8)15(21-22)12-6-16(12,19)20/h2-5,12H,6-7H2,1H3. The molecule has 1 fully saturated rings. The lowest BCUT2D eigenvalue weighted by atomic mass is 10.0. The van der Waals surface area contributed by atoms with Gasteiger partial charge in [0.05, 0.1) is 18.7 Å². The van der Waals surface area contributed by atoms with E-state index in [0.29, 0.717) is 10.7 Å². The van der Waals surface area contributed by atoms with Crippen LogP contribution in [0.25, 0.3) is 11.1 Å². The van der Waals surface area contributed by atoms with Crippen molar-refractivity contribution in [3.63, 3.8) is 0 Å². The molecule has 9 heteroatoms. The Balaban J connectivity index is 2.15. The summed E-state index contributed by atoms with van der Waals surface area (Å²) in [5.74, 6) is -6.93. The van der Waals surface area contributed by atoms with Crippen molar-refractivity contribution in [2.45, 2.75) is 24.8 Å². The molecule has 1 aliphatic carbocycles. The van der Waals surface area contributed by atoms with E-state index < -0.39 is 48.0 Å². The Labute approximate surface area is 138 Å². The van der Waals surface area contributed by atoms with Gasteiger partial charge in [0.15, 0.2) is 0 Å². The normalized spacial score (nSPS) is 18.0. The highest BCUT2D eigenvalue weighted by Gasteiger charge is 2.59. The van der Waals surface area contributed by atoms with Gasteiger partial charge in [0.2, 0.25) is 0 Å². The molecule has 1 aromatic carbocycles. The van der Waals surface area contributed by atoms with Crippen LogP contribution in [0.2, 0.25) is 0 Å². The molecule has 2 aromatic rings. The number of alkyl halides is 2. The smallest absolute Gasteiger partial charge is 0.327 e. The van der Waals surface area contributed by atoms with E-state index in [-0.39, 0.29) is 16.8 Å². The molecule has 0 N–H and O–H groups in total. The molecule has 0 bridgehead atoms. The van der Waals surface area contributed by atoms with Crippen LogP contribution >= 0.6 is 0 Å². The third-order valence-electron chi connectivity index (χ3n) is 3.86. The highest BCUT2D eigenvalue weighted by atomic mass is 19.3. The number of hydrogen-bond donors (Lipinski definition) is 0. The minimum absolute atomic E-state index is 0.0787. The third-order valence-corrected chi connectivity index (χ3v) is 3.86. The first-order chi connectivity index (χ1) is 11.7. The molecule has 1 atom stereocenters. The molecule has 0 aliphatic heterocycles. The minimum Gasteiger partial charge on any atom is -0.468 e. The number of ether oxygens (including phenoxy) is 1. The molecule has 1 heterocycles. The first-order valence-electron chi connectivity index (χ1n) is 7.24. The van der Waals surface area contributed by atoms with E-state index in [2.05, 4.69) is 9.84 Å². The Morgan fingerprint density at radius 2 is 1.88 bits per heavy atom. The Morgan fingerprint density at radius 3 is 2.40 bits per heavy atom. The van der Waals surface area contributed by atoms with Crippen molar-refractivity contribution in [2.24, 2.45) is 0 Å². The monoisotopic (exact) mass is 356 g/mol. The van der Waals surface area contributed by atoms with Crippen molar-refractivity contribution in [3.8, 4) is 11.1 Å². The van der Waals surface area contributed by atoms with Crippen molar-refractivity contribution < 1.29 is 27.1 Å². The van der Waals surface area contributed by atoms with Gasteiger partial charge in [0.1, 0.15) is 18.2 Å². The Kier molecular flexibility index (Phi) is 4.09. The molecule has 0 amide bonds. The zero-order valence-corrected chi connectivity index (χ0v) is 12.9. The molecular formula is C16H12F4N2O3. The van der Waals surface area contributed by atoms with Gasteiger partial charge in [-0.2, -0.15) is 5.10 Å². The van der Waals surface area contributed by atoms with E-state index in [4.69, 9.17) is 0 Å². The van der Waals surface area contributed by atoms with Gasteiger partial charge in [-0.05, 0) is 17.7 Å². The molecule has 1 aromatic heterocycles. The highest BCUT2D eigenvalue weighted by molar-refractivity contribution is 5.70. The van der Waals surface area contributed by atoms with Gasteiger partial charge in [0.25, 0.3) is 11.5 Å². The maximum absolute atomic E-state index is 13.5. The van der Waals surface area contributed by atoms with Crippen LogP contribution in [0.3, 0.4) is 0 Å². The predicted molar refractivity (Wildman–Crippen MR) is 78.2 cm³/mol. The summed E-state index contributed by atoms with van der Waals surface area (Å²) in [5, 5.41) is 3.83. The number of aromatic nitrogens is 2. The Bertz CT molecular complexity index is 890. The number of carbonyl (C=O) groups excluding carboxylic acids is 1. The lowest BCUT2D eigenvalue weighted by Crippen LogP contribution is -2.28. The van der Waals surface area contributed by atoms with Crippen LogP contribution in [-0.4, -0.2) is 28.8 Å². The van der Waals surface area contributed by atoms with Crippen molar-refractivity contribution in [3.05, 3.63) is 51.9 Å². The van der Waals surface area contributed by atoms with E-state index >= 15 is 0 Å². The summed E-state index contributed by atoms with van der Waals surface area (Å²) in [7, 11) is 1.10. The highest BCUT2D eigenvalue weighted by Crippen LogP contribution is 2.56. The molecule has 0 radical (unpaired) electrons. The molecule has 5 nitrogen and oxygen atoms in total. The number of methoxy groups -OCH3 is 1. The van der Waals surface area contributed by atoms with E-state index in [1.54, 1.807) is 0 Å². The fourth-order valence-electron chi connectivity index (χ4n) is 2.51. The van der Waals surface area contributed by atoms with Crippen LogP contribution in [0.4, 0.5) is 17.6 Å². The van der Waals surface area contributed by atoms with Crippen LogP contribution in [0.5, 0.6) is 0 Å². The lowest BCUT2D eigenvalue weighted by molar-refractivity contribution is -0.141. The van der Waals surface area contributed by atoms with Crippen molar-refractivity contribution >= 4 is 5.97 Å². The number of rotatable bonds is 4. The maximum atomic E-state index is 13.5. The number of hydrogen-bond acceptors (Lipinski definition) is 4. The van der Waals surface area contributed by atoms with Gasteiger partial charge in [0, 0.05) is 24.1 Å². The fraction of sp³-hybridized carbons (Fsp3) is 0.312. The van der Waals surface area contributed by atoms with Crippen LogP contribution in [-0.2, 0) is 16.1 Å². The minimum atomic E-state index is -3.03. The number of halogens is 4. The molecule has 0 saturated heterocycles. The summed E-state index contributed by atoms with van der Waals surface area (Å²) in [5.41, 5.74) is -1.15. The molecule has 3 rings (SSSR count). The van der Waals surface area contributed by atoms with Crippen molar-refractivity contribution in [2.75, 3.05) is 7.11 Å². The number of esters is 1. The van der Waals surface area contributed by atoms with E-state index in [9.17, 15) is 27.2 Å². The number of nitrogens with zero attached hydrogens (tertiary/aromatic N) is 2. The summed E-state index contributed by atoms with van der Waals surface area (Å²) in [6.07, 6.45) is -0.499. The van der Waals surface area contributed by atoms with E-state index in [1.165, 1.54) is 0 Å². The summed E-state index contributed by atoms with van der Waals surface area (Å²) < 4.78 is 59.1. The summed E-state index contributed by atoms with van der Waals surface area (Å²) >= 11 is 0. The first-order valence-corrected chi connectivity index (χ1v) is 7.24. The molecule has 1 aliphatic rings. The second-order valence-electron chi connectivity index (χ2n) is 5.69. The average Bonchev–Trinajstić information content (AvgIpc) is 3.16. The summed E-state index contributed by atoms with van der Waals surface area (Å²) in [6, 6.07) is 3.41. The molecule has 1 saturated carbocycles. The van der Waals surface area contributed by atoms with Gasteiger partial charge in [-0.3, -0.25) is 9.59 Å². The number of carbonyl (C=O) groups is 1. The average molecular weight is 356 g/mol. The van der Waals surface area contributed by atoms with Gasteiger partial charge in [-0.1, -0.05) is 0 Å². The van der Waals surface area contributed by atoms with Crippen LogP contribution in [0, 0.1) is 11.6 Å². The quantitative estimate of drug-likeness (QED) is 0.624. The second kappa shape index (κ2) is 5.98.